The zero-order valence-electron chi connectivity index (χ0n) is 80.3. The number of rotatable bonds is 12. The van der Waals surface area contributed by atoms with Gasteiger partial charge >= 0.3 is 20.3 Å². The molecule has 8 aliphatic heterocycles. The Kier molecular flexibility index (Phi) is 35.9. The summed E-state index contributed by atoms with van der Waals surface area (Å²) in [6.07, 6.45) is 19.5. The van der Waals surface area contributed by atoms with Crippen molar-refractivity contribution in [2.45, 2.75) is 144 Å². The second kappa shape index (κ2) is 46.7. The van der Waals surface area contributed by atoms with E-state index in [0.717, 1.165) is 217 Å². The molecule has 11 aromatic rings. The highest BCUT2D eigenvalue weighted by molar-refractivity contribution is 6.63. The SMILES string of the molecule is C[C@@H]1CCCCO1.Cc1ccc(N)cc1-c1cc(-c2cnn(C)c2)nc(N2CCOCC2)c1.Cc1ccc(N)cc1B1OC(C)(C)C(C)(C)O1.Cc1ccc(NC(=O)N2CCO[C@H](C)C2)cc1-c1cc(-c2cnn(C)c2)nc(N2CCOCC2)c1.Cl.Clc1cc(Cl)nc(N2CCOCC2)c1.Cn1cc(-c2cc(Cl)cc(N3CCOCC3)n2)cn1.Cn1cc(B2OC(C)(C)C(C)(C)O2)cn1. The molecule has 0 spiro atoms. The molecular formula is C97H130B2Cl4N20O11. The number of aryl methyl sites for hydroxylation is 7. The lowest BCUT2D eigenvalue weighted by Crippen LogP contribution is -2.46. The number of carbonyl (C=O) groups excluding carboxylic acids is 1. The van der Waals surface area contributed by atoms with Crippen LogP contribution in [0.25, 0.3) is 56.0 Å². The molecule has 0 saturated carbocycles. The molecule has 2 amide bonds. The maximum Gasteiger partial charge on any atom is 0.498 e. The average molecular weight is 1920 g/mol. The fraction of sp³-hybridized carbons (Fsp3) is 0.474. The van der Waals surface area contributed by atoms with E-state index in [0.29, 0.717) is 54.2 Å². The molecule has 0 radical (unpaired) electrons. The molecule has 19 rings (SSSR count). The van der Waals surface area contributed by atoms with E-state index in [-0.39, 0.29) is 61.2 Å². The van der Waals surface area contributed by atoms with Crippen LogP contribution in [0.2, 0.25) is 15.2 Å². The van der Waals surface area contributed by atoms with Crippen LogP contribution < -0.4 is 47.3 Å². The molecule has 37 heteroatoms. The van der Waals surface area contributed by atoms with Crippen LogP contribution in [0.5, 0.6) is 0 Å². The smallest absolute Gasteiger partial charge is 0.399 e. The van der Waals surface area contributed by atoms with Gasteiger partial charge in [-0.25, -0.2) is 24.7 Å². The van der Waals surface area contributed by atoms with Gasteiger partial charge in [0.05, 0.1) is 130 Å². The first-order valence-electron chi connectivity index (χ1n) is 45.6. The monoisotopic (exact) mass is 1910 g/mol. The fourth-order valence-electron chi connectivity index (χ4n) is 15.7. The number of ether oxygens (including phenoxy) is 6. The topological polar surface area (TPSA) is 312 Å². The van der Waals surface area contributed by atoms with E-state index in [1.54, 1.807) is 42.1 Å². The number of halogens is 4. The largest absolute Gasteiger partial charge is 0.498 e. The lowest BCUT2D eigenvalue weighted by Gasteiger charge is -2.32. The maximum absolute atomic E-state index is 12.9. The van der Waals surface area contributed by atoms with Crippen LogP contribution in [0.15, 0.2) is 153 Å². The maximum atomic E-state index is 12.9. The van der Waals surface area contributed by atoms with E-state index >= 15 is 0 Å². The van der Waals surface area contributed by atoms with Crippen molar-refractivity contribution in [2.24, 2.45) is 28.2 Å². The standard InChI is InChI=1S/C26H32N6O3.C20H23N5O.C13H20BNO2.C13H15ClN4O.C10H17BN2O2.C9H10Cl2N2O.C6H12O.ClH/c1-18-4-5-22(28-26(33)32-8-11-35-19(2)16-32)14-23(18)20-12-24(21-15-27-30(3)17-21)29-25(13-20)31-6-9-34-10-7-31;1-14-3-4-17(21)11-18(14)15-9-19(16-12-22-24(2)13-16)23-20(10-15)25-5-7-26-8-6-25;1-9-6-7-10(15)8-11(9)14-16-12(2,3)13(4,5)17-14;1-17-9-10(8-15-17)12-6-11(14)7-13(16-12)18-2-4-19-5-3-18;1-9(2)10(3,4)15-11(14-9)8-6-12-13(5)7-8;10-7-5-8(11)12-9(6-7)13-1-3-14-4-2-13;1-6-4-2-3-5-7-6;/h4-5,12-15,17,19H,6-11,16H2,1-3H3,(H,28,33);3-4,9-13H,5-8,21H2,1-2H3;6-8H,15H2,1-5H3;6-9H,2-5H2,1H3;6-7H,1-5H3;5-6H,1-4H2;6H,2-5H2,1H3;1H/t19-;;;;;;6-;/m1.....1./s1. The summed E-state index contributed by atoms with van der Waals surface area (Å²) >= 11 is 17.9. The molecule has 0 aliphatic carbocycles. The highest BCUT2D eigenvalue weighted by Gasteiger charge is 2.53. The number of benzene rings is 3. The van der Waals surface area contributed by atoms with Gasteiger partial charge in [0.1, 0.15) is 28.4 Å². The zero-order valence-corrected chi connectivity index (χ0v) is 83.4. The van der Waals surface area contributed by atoms with Gasteiger partial charge < -0.3 is 88.3 Å². The van der Waals surface area contributed by atoms with E-state index in [1.165, 1.54) is 24.8 Å². The molecule has 2 atom stereocenters. The van der Waals surface area contributed by atoms with Gasteiger partial charge in [-0.1, -0.05) is 58.6 Å². The average Bonchev–Trinajstić information content (AvgIpc) is 1.62. The molecule has 0 bridgehead atoms. The molecule has 8 aromatic heterocycles. The van der Waals surface area contributed by atoms with Crippen LogP contribution >= 0.6 is 47.2 Å². The predicted molar refractivity (Wildman–Crippen MR) is 538 cm³/mol. The van der Waals surface area contributed by atoms with Gasteiger partial charge in [0.15, 0.2) is 0 Å². The van der Waals surface area contributed by atoms with Crippen LogP contribution in [0.4, 0.5) is 45.1 Å². The van der Waals surface area contributed by atoms with Crippen LogP contribution in [0, 0.1) is 20.8 Å². The Morgan fingerprint density at radius 2 is 0.813 bits per heavy atom. The van der Waals surface area contributed by atoms with Crippen molar-refractivity contribution in [3.8, 4) is 56.0 Å². The third-order valence-electron chi connectivity index (χ3n) is 24.9. The first-order valence-corrected chi connectivity index (χ1v) is 46.8. The molecular weight excluding hydrogens is 1780 g/mol. The molecule has 16 heterocycles. The predicted octanol–water partition coefficient (Wildman–Crippen LogP) is 15.2. The third-order valence-corrected chi connectivity index (χ3v) is 25.5. The lowest BCUT2D eigenvalue weighted by molar-refractivity contribution is -0.00138. The summed E-state index contributed by atoms with van der Waals surface area (Å²) < 4.78 is 63.4. The van der Waals surface area contributed by atoms with E-state index in [9.17, 15) is 4.79 Å². The number of aromatic nitrogens is 12. The minimum Gasteiger partial charge on any atom is -0.399 e. The zero-order chi connectivity index (χ0) is 94.9. The van der Waals surface area contributed by atoms with Crippen molar-refractivity contribution in [2.75, 3.05) is 168 Å². The number of hydrogen-bond donors (Lipinski definition) is 3. The van der Waals surface area contributed by atoms with Gasteiger partial charge in [-0.3, -0.25) is 18.7 Å². The number of nitrogens with zero attached hydrogens (tertiary/aromatic N) is 17. The fourth-order valence-corrected chi connectivity index (χ4v) is 16.4. The van der Waals surface area contributed by atoms with E-state index in [2.05, 4.69) is 134 Å². The van der Waals surface area contributed by atoms with Crippen molar-refractivity contribution < 1.29 is 51.8 Å². The second-order valence-electron chi connectivity index (χ2n) is 36.4. The van der Waals surface area contributed by atoms with Gasteiger partial charge in [-0.15, -0.1) is 12.4 Å². The molecule has 8 aliphatic rings. The number of carbonyl (C=O) groups is 1. The van der Waals surface area contributed by atoms with Crippen LogP contribution in [-0.2, 0) is 75.2 Å². The van der Waals surface area contributed by atoms with Crippen molar-refractivity contribution in [1.82, 2.24) is 64.0 Å². The van der Waals surface area contributed by atoms with Gasteiger partial charge in [-0.05, 0) is 233 Å². The lowest BCUT2D eigenvalue weighted by atomic mass is 9.76. The summed E-state index contributed by atoms with van der Waals surface area (Å²) in [5.41, 5.74) is 28.3. The third kappa shape index (κ3) is 27.9. The normalized spacial score (nSPS) is 18.8. The van der Waals surface area contributed by atoms with Gasteiger partial charge in [0.2, 0.25) is 0 Å². The van der Waals surface area contributed by atoms with Crippen molar-refractivity contribution in [1.29, 1.82) is 0 Å². The van der Waals surface area contributed by atoms with Crippen molar-refractivity contribution >= 4 is 119 Å². The summed E-state index contributed by atoms with van der Waals surface area (Å²) in [4.78, 5) is 42.3. The molecule has 0 unspecified atom stereocenters. The summed E-state index contributed by atoms with van der Waals surface area (Å²) in [7, 11) is 6.96. The van der Waals surface area contributed by atoms with Crippen molar-refractivity contribution in [3.63, 3.8) is 0 Å². The quantitative estimate of drug-likeness (QED) is 0.0581. The minimum absolute atomic E-state index is 0. The molecule has 8 fully saturated rings. The number of anilines is 7. The Morgan fingerprint density at radius 1 is 0.418 bits per heavy atom. The Balaban J connectivity index is 0.000000147. The first-order chi connectivity index (χ1) is 63.5. The van der Waals surface area contributed by atoms with E-state index < -0.39 is 0 Å². The summed E-state index contributed by atoms with van der Waals surface area (Å²) in [5.74, 6) is 3.60. The Morgan fingerprint density at radius 3 is 1.22 bits per heavy atom. The van der Waals surface area contributed by atoms with Gasteiger partial charge in [-0.2, -0.15) is 20.4 Å². The number of urea groups is 1. The Bertz CT molecular complexity index is 5620. The van der Waals surface area contributed by atoms with E-state index in [4.69, 9.17) is 103 Å². The highest BCUT2D eigenvalue weighted by atomic mass is 35.5. The van der Waals surface area contributed by atoms with Crippen molar-refractivity contribution in [3.05, 3.63) is 185 Å². The van der Waals surface area contributed by atoms with Crippen LogP contribution in [0.3, 0.4) is 0 Å². The summed E-state index contributed by atoms with van der Waals surface area (Å²) in [6.45, 7) is 41.9. The highest BCUT2D eigenvalue weighted by Crippen LogP contribution is 2.40. The first kappa shape index (κ1) is 103. The van der Waals surface area contributed by atoms with Gasteiger partial charge in [0, 0.05) is 180 Å². The number of amides is 2. The molecule has 8 saturated heterocycles. The second-order valence-corrected chi connectivity index (χ2v) is 37.6. The molecule has 3 aromatic carbocycles. The number of hydrogen-bond acceptors (Lipinski definition) is 25. The van der Waals surface area contributed by atoms with Crippen LogP contribution in [-0.4, -0.2) is 250 Å². The number of nitrogens with two attached hydrogens (primary N) is 2. The molecule has 134 heavy (non-hydrogen) atoms. The Hall–Kier alpha value is -9.94. The number of pyridine rings is 4. The van der Waals surface area contributed by atoms with Gasteiger partial charge in [0.25, 0.3) is 0 Å². The van der Waals surface area contributed by atoms with E-state index in [1.807, 2.05) is 174 Å². The summed E-state index contributed by atoms with van der Waals surface area (Å²) in [6, 6.07) is 33.5. The molecule has 5 N–H and O–H groups in total. The number of nitrogens with one attached hydrogen (secondary N) is 1. The Labute approximate surface area is 810 Å². The van der Waals surface area contributed by atoms with Crippen LogP contribution in [0.1, 0.15) is 105 Å². The summed E-state index contributed by atoms with van der Waals surface area (Å²) in [5, 5.41) is 21.7. The minimum atomic E-state index is -0.330. The molecule has 31 nitrogen and oxygen atoms in total. The molecule has 718 valence electrons. The number of morpholine rings is 5. The number of nitrogen functional groups attached to an aromatic ring is 2.